The summed E-state index contributed by atoms with van der Waals surface area (Å²) in [7, 11) is 0. The Morgan fingerprint density at radius 2 is 0.633 bits per heavy atom. The van der Waals surface area contributed by atoms with Gasteiger partial charge in [0.2, 0.25) is 0 Å². The fourth-order valence-electron chi connectivity index (χ4n) is 32.2. The summed E-state index contributed by atoms with van der Waals surface area (Å²) in [5.41, 5.74) is 55.2. The first-order valence-corrected chi connectivity index (χ1v) is 56.7. The predicted molar refractivity (Wildman–Crippen MR) is 629 cm³/mol. The van der Waals surface area contributed by atoms with Crippen molar-refractivity contribution >= 4 is 82.0 Å². The number of hydrogen-bond donors (Lipinski definition) is 0. The van der Waals surface area contributed by atoms with E-state index < -0.39 is 5.41 Å². The van der Waals surface area contributed by atoms with E-state index >= 15 is 4.79 Å². The Bertz CT molecular complexity index is 9550. The summed E-state index contributed by atoms with van der Waals surface area (Å²) < 4.78 is 28.2. The highest BCUT2D eigenvalue weighted by Gasteiger charge is 2.52. The van der Waals surface area contributed by atoms with E-state index in [-0.39, 0.29) is 44.7 Å². The van der Waals surface area contributed by atoms with Gasteiger partial charge in [-0.15, -0.1) is 0 Å². The van der Waals surface area contributed by atoms with Gasteiger partial charge in [-0.2, -0.15) is 5.26 Å². The third kappa shape index (κ3) is 12.6. The monoisotopic (exact) mass is 1940 g/mol. The minimum absolute atomic E-state index is 0.103. The highest BCUT2D eigenvalue weighted by molar-refractivity contribution is 6.31. The molecule has 0 spiro atoms. The van der Waals surface area contributed by atoms with Crippen LogP contribution in [0.15, 0.2) is 285 Å². The summed E-state index contributed by atoms with van der Waals surface area (Å²) in [6.45, 7) is 32.9. The van der Waals surface area contributed by atoms with Crippen molar-refractivity contribution in [3.63, 3.8) is 0 Å². The molecule has 0 N–H and O–H groups in total. The summed E-state index contributed by atoms with van der Waals surface area (Å²) in [6.07, 6.45) is 22.0. The fourth-order valence-corrected chi connectivity index (χ4v) is 32.2. The second-order valence-electron chi connectivity index (χ2n) is 48.8. The number of nitriles is 1. The molecule has 1 saturated carbocycles. The Hall–Kier alpha value is -14.5. The van der Waals surface area contributed by atoms with E-state index in [1.165, 1.54) is 198 Å². The summed E-state index contributed by atoms with van der Waals surface area (Å²) in [6, 6.07) is 111. The molecular weight excluding hydrogens is 1810 g/mol. The Labute approximate surface area is 886 Å². The molecule has 0 unspecified atom stereocenters. The lowest BCUT2D eigenvalue weighted by atomic mass is 9.59. The van der Waals surface area contributed by atoms with Crippen molar-refractivity contribution in [2.24, 2.45) is 5.41 Å². The zero-order chi connectivity index (χ0) is 103. The largest absolute Gasteiger partial charge is 0.308 e. The van der Waals surface area contributed by atoms with E-state index in [0.717, 1.165) is 213 Å². The molecule has 1 fully saturated rings. The fraction of sp³-hybridized carbons (Fsp3) is 0.288. The highest BCUT2D eigenvalue weighted by Crippen LogP contribution is 2.65. The van der Waals surface area contributed by atoms with E-state index in [2.05, 4.69) is 385 Å². The number of unbranched alkanes of at least 4 members (excludes halogenated alkanes) is 8. The first-order chi connectivity index (χ1) is 73.7. The van der Waals surface area contributed by atoms with E-state index in [1.807, 2.05) is 0 Å². The Kier molecular flexibility index (Phi) is 19.7. The number of fused-ring (bicyclic) bond motifs is 26. The molecule has 150 heavy (non-hydrogen) atoms. The van der Waals surface area contributed by atoms with Gasteiger partial charge in [0.1, 0.15) is 0 Å². The standard InChI is InChI=1S/C146H131N3O/c1-15-19-31-55-145(56-32-20-16-2)123-73-89(87-43-49-100-98-35-27-29-41-118(98)141(9,10)120(100)71-87)45-51-102(123)104-53-47-91(75-125(104)145)93-63-83(5)131(84(6)64-93)95-67-113-110-78-122-116(140(150)144(14)61-59-143(122,13)60-62-144)81-129(110)148-127-79-112-115-69-96(70-117-136-130(149(139(115)117)128(112)80-111(127)114(68-95)138(113)148)77-97(82-147)133-134-106-37-23-25-39-108(106)135(137(133)136)109-40-26-24-38-107(109)134)132-85(7)65-94(66-86(132)8)92-48-54-105-103-52-46-90(74-124(103)146(126(105)76-92,57-33-21-17-3)58-34-22-18-4)88-44-50-101-99-36-28-30-42-119(99)142(11,12)121(101)72-88/h23-30,35-54,63-81,134-135H,15-22,31-34,55-62H2,1-14H3/i79D,80D. The maximum Gasteiger partial charge on any atom is 0.169 e. The first kappa shape index (κ1) is 89.5. The summed E-state index contributed by atoms with van der Waals surface area (Å²) in [5.74, 6) is -0.136. The Morgan fingerprint density at radius 3 is 1.03 bits per heavy atom. The van der Waals surface area contributed by atoms with E-state index in [9.17, 15) is 8.00 Å². The van der Waals surface area contributed by atoms with Crippen LogP contribution in [0.2, 0.25) is 0 Å². The lowest BCUT2D eigenvalue weighted by Gasteiger charge is -2.43. The smallest absolute Gasteiger partial charge is 0.169 e. The normalized spacial score (nSPS) is 18.6. The second-order valence-corrected chi connectivity index (χ2v) is 48.8. The number of hydrogen-bond acceptors (Lipinski definition) is 2. The van der Waals surface area contributed by atoms with Crippen LogP contribution in [0.1, 0.15) is 334 Å². The molecule has 4 heterocycles. The van der Waals surface area contributed by atoms with Crippen molar-refractivity contribution < 1.29 is 7.54 Å². The minimum Gasteiger partial charge on any atom is -0.308 e. The average Bonchev–Trinajstić information content (AvgIpc) is 1.49. The van der Waals surface area contributed by atoms with Crippen molar-refractivity contribution in [3.05, 3.63) is 402 Å². The van der Waals surface area contributed by atoms with Crippen LogP contribution in [0.4, 0.5) is 0 Å². The highest BCUT2D eigenvalue weighted by atomic mass is 16.1. The third-order valence-corrected chi connectivity index (χ3v) is 39.7. The van der Waals surface area contributed by atoms with Gasteiger partial charge in [0.25, 0.3) is 0 Å². The van der Waals surface area contributed by atoms with E-state index in [1.54, 1.807) is 0 Å². The van der Waals surface area contributed by atoms with E-state index in [4.69, 9.17) is 0 Å². The molecule has 0 atom stereocenters. The minimum atomic E-state index is -0.494. The van der Waals surface area contributed by atoms with Crippen LogP contribution in [0, 0.1) is 44.4 Å². The number of carbonyl (C=O) groups excluding carboxylic acids is 1. The van der Waals surface area contributed by atoms with Crippen LogP contribution in [0.25, 0.3) is 187 Å². The van der Waals surface area contributed by atoms with Crippen LogP contribution in [-0.2, 0) is 27.1 Å². The first-order valence-electron chi connectivity index (χ1n) is 57.7. The van der Waals surface area contributed by atoms with Gasteiger partial charge in [-0.25, -0.2) is 0 Å². The molecule has 0 radical (unpaired) electrons. The molecule has 4 aromatic heterocycles. The molecule has 17 aromatic carbocycles. The van der Waals surface area contributed by atoms with Crippen molar-refractivity contribution in [1.82, 2.24) is 8.80 Å². The van der Waals surface area contributed by atoms with Crippen molar-refractivity contribution in [2.75, 3.05) is 0 Å². The SMILES string of the molecule is [2H]c1c2c3cc(-c4c(C)cc(-c5ccc6c(c5)C(CCCCC)(CCCCC)c5cc(-c7ccc8c(c7)C(C)(C)c7ccccc7-8)ccc5-6)cc4C)cc4c5c6c(c(C#N)cc5n(c2c([2H])c2c5cc(-c7c(C)cc(-c8ccc9c(c8)C(CCCCC)(CCCCC)c8cc(-c%10ccc%11c(c%10)C(C)(C)c%10ccccc%10-%11)ccc8-9)cc7C)cc7c8cc9c(cc8n(c12)c75)C(=O)C1(C)CCC9(C)CC1)c43)C1c2ccccc2C6c2ccccc21. The topological polar surface area (TPSA) is 49.7 Å². The second kappa shape index (κ2) is 33.0. The van der Waals surface area contributed by atoms with Gasteiger partial charge >= 0.3 is 0 Å². The maximum absolute atomic E-state index is 15.9. The average molecular weight is 1950 g/mol. The van der Waals surface area contributed by atoms with Gasteiger partial charge in [-0.1, -0.05) is 340 Å². The molecular formula is C146H131N3O. The molecule has 10 aliphatic rings. The number of benzene rings is 17. The molecule has 31 rings (SSSR count). The van der Waals surface area contributed by atoms with Crippen LogP contribution in [0.3, 0.4) is 0 Å². The lowest BCUT2D eigenvalue weighted by Crippen LogP contribution is -2.33. The van der Waals surface area contributed by atoms with Crippen molar-refractivity contribution in [2.45, 2.75) is 264 Å². The van der Waals surface area contributed by atoms with Crippen LogP contribution in [0.5, 0.6) is 0 Å². The molecule has 4 bridgehead atoms. The molecule has 4 nitrogen and oxygen atoms in total. The molecule has 4 heteroatoms. The van der Waals surface area contributed by atoms with Crippen LogP contribution in [-0.4, -0.2) is 14.6 Å². The molecule has 0 aliphatic heterocycles. The van der Waals surface area contributed by atoms with E-state index in [0.29, 0.717) is 34.1 Å². The van der Waals surface area contributed by atoms with Gasteiger partial charge in [0.15, 0.2) is 5.78 Å². The number of nitrogens with zero attached hydrogens (tertiary/aromatic N) is 3. The van der Waals surface area contributed by atoms with Crippen molar-refractivity contribution in [1.29, 1.82) is 5.26 Å². The van der Waals surface area contributed by atoms with Gasteiger partial charge in [-0.05, 0) is 392 Å². The zero-order valence-corrected chi connectivity index (χ0v) is 89.5. The number of rotatable bonds is 22. The lowest BCUT2D eigenvalue weighted by molar-refractivity contribution is 0.0732. The number of aryl methyl sites for hydroxylation is 4. The third-order valence-electron chi connectivity index (χ3n) is 39.7. The van der Waals surface area contributed by atoms with Crippen LogP contribution < -0.4 is 0 Å². The van der Waals surface area contributed by atoms with Gasteiger partial charge in [0.05, 0.1) is 47.5 Å². The predicted octanol–water partition coefficient (Wildman–Crippen LogP) is 39.6. The summed E-state index contributed by atoms with van der Waals surface area (Å²) in [5, 5.41) is 19.7. The molecule has 10 aliphatic carbocycles. The van der Waals surface area contributed by atoms with Gasteiger partial charge in [-0.3, -0.25) is 4.79 Å². The van der Waals surface area contributed by atoms with Gasteiger partial charge in [0, 0.05) is 87.6 Å². The number of ketones is 1. The Morgan fingerprint density at radius 1 is 0.300 bits per heavy atom. The number of carbonyl (C=O) groups is 1. The molecule has 21 aromatic rings. The summed E-state index contributed by atoms with van der Waals surface area (Å²) >= 11 is 0. The molecule has 0 amide bonds. The maximum atomic E-state index is 15.9. The Balaban J connectivity index is 0.620. The van der Waals surface area contributed by atoms with Gasteiger partial charge < -0.3 is 8.80 Å². The quantitative estimate of drug-likeness (QED) is 0.0635. The van der Waals surface area contributed by atoms with Crippen molar-refractivity contribution in [3.8, 4) is 117 Å². The number of Topliss-reactive ketones (excluding diaryl/α,β-unsaturated/α-hetero) is 1. The number of aromatic nitrogens is 2. The van der Waals surface area contributed by atoms with Crippen LogP contribution >= 0.6 is 0 Å². The summed E-state index contributed by atoms with van der Waals surface area (Å²) in [4.78, 5) is 15.9. The molecule has 736 valence electrons. The molecule has 0 saturated heterocycles. The zero-order valence-electron chi connectivity index (χ0n) is 91.5.